The number of fused-ring (bicyclic) bond motifs is 1. The number of nitrogens with zero attached hydrogens (tertiary/aromatic N) is 6. The van der Waals surface area contributed by atoms with Crippen LogP contribution in [-0.2, 0) is 13.1 Å². The van der Waals surface area contributed by atoms with Gasteiger partial charge in [-0.1, -0.05) is 38.8 Å². The lowest BCUT2D eigenvalue weighted by Gasteiger charge is -2.34. The first-order chi connectivity index (χ1) is 17.4. The summed E-state index contributed by atoms with van der Waals surface area (Å²) in [6.07, 6.45) is 8.31. The highest BCUT2D eigenvalue weighted by molar-refractivity contribution is 5.83. The lowest BCUT2D eigenvalue weighted by Crippen LogP contribution is -2.35. The van der Waals surface area contributed by atoms with Crippen LogP contribution < -0.4 is 5.56 Å². The number of H-pyrrole nitrogens is 1. The van der Waals surface area contributed by atoms with Crippen LogP contribution in [-0.4, -0.2) is 35.1 Å². The standard InChI is InChI=1S/C28H35N7O/c1-18(2)26(27-31-32-33-35(27)23-9-5-6-10-23)34(16-21-8-7-11-29-15-21)17-22-14-24-20(4)12-19(3)13-25(24)30-28(22)36/h7-8,11-15,18,23,26H,5-6,9-10,16-17H2,1-4H3,(H,30,36). The van der Waals surface area contributed by atoms with Crippen molar-refractivity contribution in [2.24, 2.45) is 5.92 Å². The summed E-state index contributed by atoms with van der Waals surface area (Å²) in [6.45, 7) is 9.66. The summed E-state index contributed by atoms with van der Waals surface area (Å²) >= 11 is 0. The highest BCUT2D eigenvalue weighted by atomic mass is 16.1. The number of tetrazole rings is 1. The molecular weight excluding hydrogens is 450 g/mol. The zero-order valence-corrected chi connectivity index (χ0v) is 21.6. The molecule has 1 atom stereocenters. The molecule has 0 saturated heterocycles. The van der Waals surface area contributed by atoms with E-state index in [2.05, 4.69) is 76.3 Å². The average Bonchev–Trinajstić information content (AvgIpc) is 3.52. The summed E-state index contributed by atoms with van der Waals surface area (Å²) in [5, 5.41) is 14.1. The molecule has 1 unspecified atom stereocenters. The van der Waals surface area contributed by atoms with E-state index in [0.29, 0.717) is 19.1 Å². The zero-order chi connectivity index (χ0) is 25.2. The van der Waals surface area contributed by atoms with Crippen molar-refractivity contribution in [1.82, 2.24) is 35.1 Å². The van der Waals surface area contributed by atoms with Crippen molar-refractivity contribution in [2.75, 3.05) is 0 Å². The van der Waals surface area contributed by atoms with Gasteiger partial charge in [-0.25, -0.2) is 4.68 Å². The molecule has 1 saturated carbocycles. The minimum atomic E-state index is -0.0602. The number of hydrogen-bond donors (Lipinski definition) is 1. The van der Waals surface area contributed by atoms with E-state index in [-0.39, 0.29) is 17.5 Å². The molecule has 1 aromatic carbocycles. The van der Waals surface area contributed by atoms with Crippen LogP contribution in [0, 0.1) is 19.8 Å². The highest BCUT2D eigenvalue weighted by Crippen LogP contribution is 2.35. The van der Waals surface area contributed by atoms with Gasteiger partial charge in [0.1, 0.15) is 0 Å². The normalized spacial score (nSPS) is 15.4. The molecule has 3 aromatic heterocycles. The van der Waals surface area contributed by atoms with Crippen molar-refractivity contribution in [1.29, 1.82) is 0 Å². The van der Waals surface area contributed by atoms with E-state index < -0.39 is 0 Å². The van der Waals surface area contributed by atoms with Gasteiger partial charge in [-0.3, -0.25) is 14.7 Å². The van der Waals surface area contributed by atoms with Gasteiger partial charge in [0.2, 0.25) is 0 Å². The minimum Gasteiger partial charge on any atom is -0.322 e. The fraction of sp³-hybridized carbons (Fsp3) is 0.464. The van der Waals surface area contributed by atoms with Gasteiger partial charge in [-0.2, -0.15) is 0 Å². The molecule has 1 aliphatic carbocycles. The van der Waals surface area contributed by atoms with Crippen LogP contribution in [0.25, 0.3) is 10.9 Å². The lowest BCUT2D eigenvalue weighted by atomic mass is 9.99. The van der Waals surface area contributed by atoms with Crippen LogP contribution in [0.15, 0.2) is 47.5 Å². The summed E-state index contributed by atoms with van der Waals surface area (Å²) in [7, 11) is 0. The fourth-order valence-electron chi connectivity index (χ4n) is 5.72. The second-order valence-electron chi connectivity index (χ2n) is 10.5. The first-order valence-corrected chi connectivity index (χ1v) is 12.9. The van der Waals surface area contributed by atoms with Crippen molar-refractivity contribution >= 4 is 10.9 Å². The predicted octanol–water partition coefficient (Wildman–Crippen LogP) is 5.04. The fourth-order valence-corrected chi connectivity index (χ4v) is 5.72. The molecule has 0 aliphatic heterocycles. The second-order valence-corrected chi connectivity index (χ2v) is 10.5. The lowest BCUT2D eigenvalue weighted by molar-refractivity contribution is 0.123. The Labute approximate surface area is 211 Å². The van der Waals surface area contributed by atoms with Crippen molar-refractivity contribution in [2.45, 2.75) is 78.6 Å². The van der Waals surface area contributed by atoms with Gasteiger partial charge in [0.15, 0.2) is 5.82 Å². The third-order valence-electron chi connectivity index (χ3n) is 7.35. The summed E-state index contributed by atoms with van der Waals surface area (Å²) in [5.74, 6) is 1.11. The van der Waals surface area contributed by atoms with Gasteiger partial charge in [-0.15, -0.1) is 5.10 Å². The SMILES string of the molecule is Cc1cc(C)c2cc(CN(Cc3cccnc3)C(c3nnnn3C3CCCC3)C(C)C)c(=O)[nH]c2c1. The number of nitrogens with one attached hydrogen (secondary N) is 1. The first kappa shape index (κ1) is 24.3. The van der Waals surface area contributed by atoms with Crippen LogP contribution in [0.2, 0.25) is 0 Å². The van der Waals surface area contributed by atoms with Gasteiger partial charge < -0.3 is 4.98 Å². The van der Waals surface area contributed by atoms with Crippen molar-refractivity contribution in [3.63, 3.8) is 0 Å². The second kappa shape index (κ2) is 10.3. The van der Waals surface area contributed by atoms with Crippen molar-refractivity contribution < 1.29 is 0 Å². The predicted molar refractivity (Wildman–Crippen MR) is 140 cm³/mol. The van der Waals surface area contributed by atoms with Crippen LogP contribution in [0.1, 0.15) is 79.7 Å². The van der Waals surface area contributed by atoms with Crippen LogP contribution in [0.5, 0.6) is 0 Å². The quantitative estimate of drug-likeness (QED) is 0.376. The molecule has 0 bridgehead atoms. The van der Waals surface area contributed by atoms with Crippen molar-refractivity contribution in [3.05, 3.63) is 81.2 Å². The van der Waals surface area contributed by atoms with E-state index in [0.717, 1.165) is 51.8 Å². The maximum Gasteiger partial charge on any atom is 0.252 e. The maximum atomic E-state index is 13.3. The zero-order valence-electron chi connectivity index (χ0n) is 21.6. The molecule has 3 heterocycles. The molecule has 188 valence electrons. The molecule has 0 radical (unpaired) electrons. The molecule has 4 aromatic rings. The molecule has 8 heteroatoms. The average molecular weight is 486 g/mol. The van der Waals surface area contributed by atoms with Crippen LogP contribution in [0.3, 0.4) is 0 Å². The van der Waals surface area contributed by atoms with Crippen molar-refractivity contribution in [3.8, 4) is 0 Å². The Bertz CT molecular complexity index is 1390. The highest BCUT2D eigenvalue weighted by Gasteiger charge is 2.32. The summed E-state index contributed by atoms with van der Waals surface area (Å²) in [4.78, 5) is 23.0. The van der Waals surface area contributed by atoms with Gasteiger partial charge in [0.25, 0.3) is 5.56 Å². The number of aromatic nitrogens is 6. The van der Waals surface area contributed by atoms with Gasteiger partial charge in [0.05, 0.1) is 12.1 Å². The Kier molecular flexibility index (Phi) is 6.96. The number of aromatic amines is 1. The van der Waals surface area contributed by atoms with E-state index in [9.17, 15) is 4.79 Å². The van der Waals surface area contributed by atoms with Gasteiger partial charge in [0, 0.05) is 41.9 Å². The minimum absolute atomic E-state index is 0.0541. The van der Waals surface area contributed by atoms with E-state index in [1.54, 1.807) is 6.20 Å². The molecule has 0 amide bonds. The molecule has 1 aliphatic rings. The van der Waals surface area contributed by atoms with E-state index in [1.807, 2.05) is 23.0 Å². The Hall–Kier alpha value is -3.39. The topological polar surface area (TPSA) is 92.6 Å². The third-order valence-corrected chi connectivity index (χ3v) is 7.35. The van der Waals surface area contributed by atoms with Gasteiger partial charge >= 0.3 is 0 Å². The van der Waals surface area contributed by atoms with Crippen LogP contribution >= 0.6 is 0 Å². The number of aryl methyl sites for hydroxylation is 2. The summed E-state index contributed by atoms with van der Waals surface area (Å²) < 4.78 is 2.05. The molecule has 1 fully saturated rings. The maximum absolute atomic E-state index is 13.3. The van der Waals surface area contributed by atoms with E-state index in [1.165, 1.54) is 12.8 Å². The van der Waals surface area contributed by atoms with Gasteiger partial charge in [-0.05, 0) is 77.9 Å². The largest absolute Gasteiger partial charge is 0.322 e. The monoisotopic (exact) mass is 485 g/mol. The Morgan fingerprint density at radius 2 is 1.94 bits per heavy atom. The summed E-state index contributed by atoms with van der Waals surface area (Å²) in [6, 6.07) is 10.6. The van der Waals surface area contributed by atoms with Crippen LogP contribution in [0.4, 0.5) is 0 Å². The number of hydrogen-bond acceptors (Lipinski definition) is 6. The number of benzene rings is 1. The number of rotatable bonds is 8. The molecule has 0 spiro atoms. The first-order valence-electron chi connectivity index (χ1n) is 12.9. The summed E-state index contributed by atoms with van der Waals surface area (Å²) in [5.41, 5.74) is 4.95. The molecule has 36 heavy (non-hydrogen) atoms. The Morgan fingerprint density at radius 3 is 2.67 bits per heavy atom. The van der Waals surface area contributed by atoms with E-state index in [4.69, 9.17) is 0 Å². The Balaban J connectivity index is 1.57. The van der Waals surface area contributed by atoms with E-state index >= 15 is 0 Å². The third kappa shape index (κ3) is 4.95. The molecule has 5 rings (SSSR count). The molecule has 1 N–H and O–H groups in total. The number of pyridine rings is 2. The Morgan fingerprint density at radius 1 is 1.14 bits per heavy atom. The molecular formula is C28H35N7O. The molecule has 8 nitrogen and oxygen atoms in total. The smallest absolute Gasteiger partial charge is 0.252 e.